The minimum absolute atomic E-state index is 0.0526. The zero-order valence-corrected chi connectivity index (χ0v) is 6.24. The maximum atomic E-state index is 10.9. The summed E-state index contributed by atoms with van der Waals surface area (Å²) in [4.78, 5) is 19.8. The summed E-state index contributed by atoms with van der Waals surface area (Å²) >= 11 is 0. The van der Waals surface area contributed by atoms with Gasteiger partial charge in [-0.05, 0) is 0 Å². The average molecular weight is 168 g/mol. The van der Waals surface area contributed by atoms with Crippen LogP contribution < -0.4 is 4.91 Å². The van der Waals surface area contributed by atoms with Gasteiger partial charge in [0.15, 0.2) is 10.8 Å². The lowest BCUT2D eigenvalue weighted by molar-refractivity contribution is 0.0595. The third-order valence-electron chi connectivity index (χ3n) is 1.15. The Morgan fingerprint density at radius 3 is 3.25 bits per heavy atom. The quantitative estimate of drug-likeness (QED) is 0.378. The Balaban J connectivity index is 3.06. The molecule has 1 rings (SSSR count). The molecule has 0 radical (unpaired) electrons. The number of hydrogen-bond donors (Lipinski definition) is 2. The van der Waals surface area contributed by atoms with Crippen molar-refractivity contribution in [3.8, 4) is 0 Å². The first-order valence-corrected chi connectivity index (χ1v) is 2.98. The number of imidazole rings is 1. The first kappa shape index (κ1) is 8.09. The van der Waals surface area contributed by atoms with E-state index in [4.69, 9.17) is 5.53 Å². The predicted octanol–water partition coefficient (Wildman–Crippen LogP) is 0.378. The van der Waals surface area contributed by atoms with E-state index in [1.54, 1.807) is 0 Å². The van der Waals surface area contributed by atoms with Crippen LogP contribution >= 0.6 is 0 Å². The van der Waals surface area contributed by atoms with Gasteiger partial charge in [0.2, 0.25) is 4.91 Å². The number of aromatic amines is 1. The number of nitrogens with one attached hydrogen (secondary N) is 2. The van der Waals surface area contributed by atoms with Crippen molar-refractivity contribution in [2.75, 3.05) is 7.11 Å². The number of H-pyrrole nitrogens is 1. The largest absolute Gasteiger partial charge is 0.464 e. The summed E-state index contributed by atoms with van der Waals surface area (Å²) in [6.07, 6.45) is 1.27. The SMILES string of the molecule is COC(=O)c1[nH]cnc1N=[N+]=N. The maximum Gasteiger partial charge on any atom is 0.358 e. The lowest BCUT2D eigenvalue weighted by atomic mass is 10.4. The van der Waals surface area contributed by atoms with Gasteiger partial charge in [-0.3, -0.25) is 0 Å². The number of nitrogens with zero attached hydrogens (tertiary/aromatic N) is 3. The highest BCUT2D eigenvalue weighted by Gasteiger charge is 2.17. The molecule has 0 fully saturated rings. The van der Waals surface area contributed by atoms with E-state index >= 15 is 0 Å². The normalized spacial score (nSPS) is 8.75. The van der Waals surface area contributed by atoms with Gasteiger partial charge in [0, 0.05) is 0 Å². The summed E-state index contributed by atoms with van der Waals surface area (Å²) in [5.41, 5.74) is 6.52. The number of carbonyl (C=O) groups is 1. The predicted molar refractivity (Wildman–Crippen MR) is 36.9 cm³/mol. The lowest BCUT2D eigenvalue weighted by Crippen LogP contribution is -2.01. The van der Waals surface area contributed by atoms with Gasteiger partial charge in [0.1, 0.15) is 5.53 Å². The molecule has 62 valence electrons. The maximum absolute atomic E-state index is 10.9. The van der Waals surface area contributed by atoms with Gasteiger partial charge in [-0.15, -0.1) is 0 Å². The first-order valence-electron chi connectivity index (χ1n) is 2.98. The van der Waals surface area contributed by atoms with Crippen LogP contribution in [0.25, 0.3) is 0 Å². The third kappa shape index (κ3) is 1.35. The molecule has 0 saturated heterocycles. The van der Waals surface area contributed by atoms with Gasteiger partial charge in [-0.1, -0.05) is 0 Å². The van der Waals surface area contributed by atoms with Crippen LogP contribution in [0.15, 0.2) is 11.4 Å². The number of methoxy groups -OCH3 is 1. The fourth-order valence-electron chi connectivity index (χ4n) is 0.663. The smallest absolute Gasteiger partial charge is 0.358 e. The number of esters is 1. The minimum Gasteiger partial charge on any atom is -0.464 e. The third-order valence-corrected chi connectivity index (χ3v) is 1.15. The summed E-state index contributed by atoms with van der Waals surface area (Å²) < 4.78 is 4.41. The Morgan fingerprint density at radius 1 is 1.92 bits per heavy atom. The molecule has 2 N–H and O–H groups in total. The second-order valence-electron chi connectivity index (χ2n) is 1.79. The van der Waals surface area contributed by atoms with Gasteiger partial charge < -0.3 is 9.72 Å². The monoisotopic (exact) mass is 168 g/mol. The van der Waals surface area contributed by atoms with Gasteiger partial charge >= 0.3 is 5.97 Å². The molecule has 0 unspecified atom stereocenters. The molecule has 1 heterocycles. The summed E-state index contributed by atoms with van der Waals surface area (Å²) in [6, 6.07) is 0. The zero-order valence-electron chi connectivity index (χ0n) is 6.24. The van der Waals surface area contributed by atoms with Crippen molar-refractivity contribution in [3.63, 3.8) is 0 Å². The molecule has 0 bridgehead atoms. The Bertz CT molecular complexity index is 337. The second kappa shape index (κ2) is 3.40. The van der Waals surface area contributed by atoms with Gasteiger partial charge in [0.25, 0.3) is 5.82 Å². The molecule has 0 aromatic carbocycles. The highest BCUT2D eigenvalue weighted by Crippen LogP contribution is 2.12. The molecule has 0 aliphatic heterocycles. The molecular formula is C5H6N5O2+. The molecule has 7 nitrogen and oxygen atoms in total. The van der Waals surface area contributed by atoms with Crippen molar-refractivity contribution in [2.45, 2.75) is 0 Å². The van der Waals surface area contributed by atoms with E-state index in [0.717, 1.165) is 0 Å². The molecule has 1 aromatic rings. The number of aromatic nitrogens is 2. The van der Waals surface area contributed by atoms with Crippen LogP contribution in [0.1, 0.15) is 10.5 Å². The van der Waals surface area contributed by atoms with Crippen LogP contribution in [-0.4, -0.2) is 23.0 Å². The van der Waals surface area contributed by atoms with E-state index in [2.05, 4.69) is 24.7 Å². The molecule has 0 aliphatic carbocycles. The van der Waals surface area contributed by atoms with Gasteiger partial charge in [-0.2, -0.15) is 0 Å². The fraction of sp³-hybridized carbons (Fsp3) is 0.200. The first-order chi connectivity index (χ1) is 5.79. The fourth-order valence-corrected chi connectivity index (χ4v) is 0.663. The Hall–Kier alpha value is -2.01. The van der Waals surface area contributed by atoms with E-state index in [-0.39, 0.29) is 11.5 Å². The van der Waals surface area contributed by atoms with Crippen LogP contribution in [0.5, 0.6) is 0 Å². The van der Waals surface area contributed by atoms with Gasteiger partial charge in [-0.25, -0.2) is 9.78 Å². The minimum atomic E-state index is -0.588. The van der Waals surface area contributed by atoms with E-state index in [0.29, 0.717) is 0 Å². The van der Waals surface area contributed by atoms with Crippen LogP contribution in [0.4, 0.5) is 5.82 Å². The van der Waals surface area contributed by atoms with E-state index in [9.17, 15) is 4.79 Å². The van der Waals surface area contributed by atoms with Crippen molar-refractivity contribution in [2.24, 2.45) is 5.11 Å². The number of carbonyl (C=O) groups excluding carboxylic acids is 1. The summed E-state index contributed by atoms with van der Waals surface area (Å²) in [5, 5.41) is 3.28. The standard InChI is InChI=1S/C5H5N5O2/c1-12-5(11)3-4(9-10-6)8-2-7-3/h2,6H,1H3/p+1. The number of ether oxygens (including phenoxy) is 1. The topological polar surface area (TPSA) is 105 Å². The van der Waals surface area contributed by atoms with Gasteiger partial charge in [0.05, 0.1) is 13.4 Å². The lowest BCUT2D eigenvalue weighted by Gasteiger charge is -1.91. The molecule has 1 aromatic heterocycles. The Labute approximate surface area is 67.0 Å². The molecule has 0 aliphatic rings. The number of rotatable bonds is 2. The molecule has 0 amide bonds. The molecule has 0 saturated carbocycles. The summed E-state index contributed by atoms with van der Waals surface area (Å²) in [5.74, 6) is -0.535. The van der Waals surface area contributed by atoms with Crippen LogP contribution in [0, 0.1) is 5.53 Å². The Morgan fingerprint density at radius 2 is 2.67 bits per heavy atom. The average Bonchev–Trinajstić information content (AvgIpc) is 2.52. The highest BCUT2D eigenvalue weighted by molar-refractivity contribution is 5.91. The molecule has 0 spiro atoms. The van der Waals surface area contributed by atoms with Crippen molar-refractivity contribution < 1.29 is 9.53 Å². The zero-order chi connectivity index (χ0) is 8.97. The van der Waals surface area contributed by atoms with Crippen molar-refractivity contribution in [1.82, 2.24) is 14.9 Å². The van der Waals surface area contributed by atoms with Crippen LogP contribution in [-0.2, 0) is 4.74 Å². The molecule has 7 heteroatoms. The summed E-state index contributed by atoms with van der Waals surface area (Å²) in [7, 11) is 1.24. The molecule has 0 atom stereocenters. The van der Waals surface area contributed by atoms with E-state index < -0.39 is 5.97 Å². The van der Waals surface area contributed by atoms with Crippen LogP contribution in [0.3, 0.4) is 0 Å². The van der Waals surface area contributed by atoms with Crippen molar-refractivity contribution in [3.05, 3.63) is 12.0 Å². The van der Waals surface area contributed by atoms with E-state index in [1.807, 2.05) is 0 Å². The number of hydrogen-bond acceptors (Lipinski definition) is 5. The highest BCUT2D eigenvalue weighted by atomic mass is 16.5. The second-order valence-corrected chi connectivity index (χ2v) is 1.79. The molecular weight excluding hydrogens is 162 g/mol. The van der Waals surface area contributed by atoms with E-state index in [1.165, 1.54) is 13.4 Å². The van der Waals surface area contributed by atoms with Crippen LogP contribution in [0.2, 0.25) is 0 Å². The Kier molecular flexibility index (Phi) is 2.29. The molecule has 12 heavy (non-hydrogen) atoms. The van der Waals surface area contributed by atoms with Crippen molar-refractivity contribution in [1.29, 1.82) is 5.53 Å². The summed E-state index contributed by atoms with van der Waals surface area (Å²) in [6.45, 7) is 0. The van der Waals surface area contributed by atoms with Crippen molar-refractivity contribution >= 4 is 11.8 Å².